The number of methoxy groups -OCH3 is 1. The number of hydrogen-bond acceptors (Lipinski definition) is 3. The second-order valence-corrected chi connectivity index (χ2v) is 4.65. The molecule has 0 atom stereocenters. The number of halogens is 1. The summed E-state index contributed by atoms with van der Waals surface area (Å²) in [5.74, 6) is 0.336. The molecule has 2 rings (SSSR count). The summed E-state index contributed by atoms with van der Waals surface area (Å²) >= 11 is 5.91. The first kappa shape index (κ1) is 14.2. The number of ketones is 1. The summed E-state index contributed by atoms with van der Waals surface area (Å²) in [4.78, 5) is 12.2. The van der Waals surface area contributed by atoms with Crippen LogP contribution in [0.4, 0.5) is 5.69 Å². The van der Waals surface area contributed by atoms with Crippen molar-refractivity contribution < 1.29 is 9.53 Å². The Morgan fingerprint density at radius 3 is 2.55 bits per heavy atom. The molecule has 2 aromatic carbocycles. The minimum absolute atomic E-state index is 0.166. The van der Waals surface area contributed by atoms with Gasteiger partial charge >= 0.3 is 0 Å². The van der Waals surface area contributed by atoms with E-state index in [1.165, 1.54) is 13.2 Å². The summed E-state index contributed by atoms with van der Waals surface area (Å²) in [5, 5.41) is 0.495. The number of carbonyl (C=O) groups is 1. The Kier molecular flexibility index (Phi) is 4.43. The molecule has 0 saturated heterocycles. The van der Waals surface area contributed by atoms with Gasteiger partial charge in [-0.3, -0.25) is 4.79 Å². The van der Waals surface area contributed by atoms with Crippen LogP contribution in [0, 0.1) is 0 Å². The molecule has 0 aliphatic rings. The predicted molar refractivity (Wildman–Crippen MR) is 82.2 cm³/mol. The third-order valence-corrected chi connectivity index (χ3v) is 3.03. The first-order valence-corrected chi connectivity index (χ1v) is 6.39. The van der Waals surface area contributed by atoms with Gasteiger partial charge in [0.25, 0.3) is 0 Å². The number of carbonyl (C=O) groups excluding carboxylic acids is 1. The quantitative estimate of drug-likeness (QED) is 0.528. The zero-order valence-corrected chi connectivity index (χ0v) is 11.7. The number of benzene rings is 2. The van der Waals surface area contributed by atoms with Crippen LogP contribution in [-0.4, -0.2) is 12.9 Å². The van der Waals surface area contributed by atoms with Crippen molar-refractivity contribution in [1.29, 1.82) is 0 Å². The number of hydrogen-bond donors (Lipinski definition) is 1. The number of allylic oxidation sites excluding steroid dienone is 1. The molecule has 0 saturated carbocycles. The summed E-state index contributed by atoms with van der Waals surface area (Å²) in [6.45, 7) is 0. The molecule has 0 aliphatic heterocycles. The lowest BCUT2D eigenvalue weighted by molar-refractivity contribution is 0.104. The number of nitrogen functional groups attached to an aromatic ring is 1. The van der Waals surface area contributed by atoms with Crippen molar-refractivity contribution in [2.24, 2.45) is 0 Å². The summed E-state index contributed by atoms with van der Waals surface area (Å²) < 4.78 is 5.16. The van der Waals surface area contributed by atoms with Crippen molar-refractivity contribution in [3.05, 3.63) is 64.7 Å². The van der Waals surface area contributed by atoms with Crippen LogP contribution in [0.15, 0.2) is 48.5 Å². The maximum atomic E-state index is 12.2. The van der Waals surface area contributed by atoms with E-state index in [9.17, 15) is 4.79 Å². The molecule has 0 unspecified atom stereocenters. The van der Waals surface area contributed by atoms with Crippen molar-refractivity contribution >= 4 is 29.1 Å². The Labute approximate surface area is 122 Å². The van der Waals surface area contributed by atoms with Crippen LogP contribution in [0.5, 0.6) is 5.75 Å². The van der Waals surface area contributed by atoms with Crippen LogP contribution in [0.1, 0.15) is 15.9 Å². The highest BCUT2D eigenvalue weighted by Crippen LogP contribution is 2.23. The maximum absolute atomic E-state index is 12.2. The van der Waals surface area contributed by atoms with Crippen LogP contribution >= 0.6 is 11.6 Å². The van der Waals surface area contributed by atoms with Crippen molar-refractivity contribution in [2.45, 2.75) is 0 Å². The van der Waals surface area contributed by atoms with Gasteiger partial charge < -0.3 is 10.5 Å². The summed E-state index contributed by atoms with van der Waals surface area (Å²) in [7, 11) is 1.52. The standard InChI is InChI=1S/C16H14ClNO2/c1-20-16-9-5-12(17)10-14(16)15(19)8-4-11-2-6-13(18)7-3-11/h2-10H,18H2,1H3/b8-4+. The molecule has 0 fully saturated rings. The molecule has 0 aromatic heterocycles. The number of ether oxygens (including phenoxy) is 1. The van der Waals surface area contributed by atoms with Crippen LogP contribution in [0.25, 0.3) is 6.08 Å². The molecule has 2 aromatic rings. The second kappa shape index (κ2) is 6.26. The van der Waals surface area contributed by atoms with E-state index in [1.807, 2.05) is 12.1 Å². The van der Waals surface area contributed by atoms with Gasteiger partial charge in [0, 0.05) is 10.7 Å². The van der Waals surface area contributed by atoms with E-state index in [1.54, 1.807) is 36.4 Å². The van der Waals surface area contributed by atoms with Crippen LogP contribution < -0.4 is 10.5 Å². The van der Waals surface area contributed by atoms with E-state index in [0.29, 0.717) is 22.0 Å². The molecule has 0 heterocycles. The third kappa shape index (κ3) is 3.39. The van der Waals surface area contributed by atoms with Crippen LogP contribution in [0.3, 0.4) is 0 Å². The first-order chi connectivity index (χ1) is 9.60. The first-order valence-electron chi connectivity index (χ1n) is 6.01. The van der Waals surface area contributed by atoms with Gasteiger partial charge in [-0.2, -0.15) is 0 Å². The van der Waals surface area contributed by atoms with Gasteiger partial charge in [-0.25, -0.2) is 0 Å². The largest absolute Gasteiger partial charge is 0.496 e. The molecule has 0 bridgehead atoms. The second-order valence-electron chi connectivity index (χ2n) is 4.21. The Bertz CT molecular complexity index is 648. The van der Waals surface area contributed by atoms with E-state index >= 15 is 0 Å². The maximum Gasteiger partial charge on any atom is 0.189 e. The van der Waals surface area contributed by atoms with Gasteiger partial charge in [-0.1, -0.05) is 29.8 Å². The van der Waals surface area contributed by atoms with Crippen molar-refractivity contribution in [3.63, 3.8) is 0 Å². The van der Waals surface area contributed by atoms with Gasteiger partial charge in [0.05, 0.1) is 12.7 Å². The molecular weight excluding hydrogens is 274 g/mol. The fourth-order valence-electron chi connectivity index (χ4n) is 1.74. The fraction of sp³-hybridized carbons (Fsp3) is 0.0625. The molecule has 20 heavy (non-hydrogen) atoms. The lowest BCUT2D eigenvalue weighted by Crippen LogP contribution is -1.98. The molecular formula is C16H14ClNO2. The minimum Gasteiger partial charge on any atom is -0.496 e. The molecule has 4 heteroatoms. The van der Waals surface area contributed by atoms with Gasteiger partial charge in [0.1, 0.15) is 5.75 Å². The lowest BCUT2D eigenvalue weighted by Gasteiger charge is -2.05. The van der Waals surface area contributed by atoms with Gasteiger partial charge in [0.2, 0.25) is 0 Å². The number of rotatable bonds is 4. The average molecular weight is 288 g/mol. The monoisotopic (exact) mass is 287 g/mol. The topological polar surface area (TPSA) is 52.3 Å². The summed E-state index contributed by atoms with van der Waals surface area (Å²) in [6, 6.07) is 12.2. The molecule has 0 spiro atoms. The van der Waals surface area contributed by atoms with Crippen molar-refractivity contribution in [1.82, 2.24) is 0 Å². The van der Waals surface area contributed by atoms with Crippen molar-refractivity contribution in [3.8, 4) is 5.75 Å². The Hall–Kier alpha value is -2.26. The van der Waals surface area contributed by atoms with Crippen molar-refractivity contribution in [2.75, 3.05) is 12.8 Å². The normalized spacial score (nSPS) is 10.7. The Balaban J connectivity index is 2.23. The zero-order valence-electron chi connectivity index (χ0n) is 11.0. The van der Waals surface area contributed by atoms with E-state index in [4.69, 9.17) is 22.1 Å². The third-order valence-electron chi connectivity index (χ3n) is 2.79. The molecule has 0 amide bonds. The molecule has 0 aliphatic carbocycles. The predicted octanol–water partition coefficient (Wildman–Crippen LogP) is 3.83. The highest BCUT2D eigenvalue weighted by molar-refractivity contribution is 6.31. The molecule has 2 N–H and O–H groups in total. The average Bonchev–Trinajstić information content (AvgIpc) is 2.46. The minimum atomic E-state index is -0.166. The summed E-state index contributed by atoms with van der Waals surface area (Å²) in [6.07, 6.45) is 3.21. The number of nitrogens with two attached hydrogens (primary N) is 1. The number of anilines is 1. The van der Waals surface area contributed by atoms with E-state index in [0.717, 1.165) is 5.56 Å². The van der Waals surface area contributed by atoms with Gasteiger partial charge in [-0.15, -0.1) is 0 Å². The summed E-state index contributed by atoms with van der Waals surface area (Å²) in [5.41, 5.74) is 7.62. The fourth-order valence-corrected chi connectivity index (χ4v) is 1.91. The Morgan fingerprint density at radius 2 is 1.90 bits per heavy atom. The highest BCUT2D eigenvalue weighted by Gasteiger charge is 2.10. The van der Waals surface area contributed by atoms with E-state index < -0.39 is 0 Å². The van der Waals surface area contributed by atoms with E-state index in [-0.39, 0.29) is 5.78 Å². The van der Waals surface area contributed by atoms with Crippen LogP contribution in [-0.2, 0) is 0 Å². The van der Waals surface area contributed by atoms with E-state index in [2.05, 4.69) is 0 Å². The Morgan fingerprint density at radius 1 is 1.20 bits per heavy atom. The SMILES string of the molecule is COc1ccc(Cl)cc1C(=O)/C=C/c1ccc(N)cc1. The smallest absolute Gasteiger partial charge is 0.189 e. The molecule has 3 nitrogen and oxygen atoms in total. The lowest BCUT2D eigenvalue weighted by atomic mass is 10.1. The van der Waals surface area contributed by atoms with Gasteiger partial charge in [0.15, 0.2) is 5.78 Å². The highest BCUT2D eigenvalue weighted by atomic mass is 35.5. The molecule has 0 radical (unpaired) electrons. The molecule has 102 valence electrons. The zero-order chi connectivity index (χ0) is 14.5. The van der Waals surface area contributed by atoms with Gasteiger partial charge in [-0.05, 0) is 42.0 Å². The van der Waals surface area contributed by atoms with Crippen LogP contribution in [0.2, 0.25) is 5.02 Å².